The van der Waals surface area contributed by atoms with Crippen LogP contribution in [0.5, 0.6) is 0 Å². The summed E-state index contributed by atoms with van der Waals surface area (Å²) in [6.07, 6.45) is 2.48. The van der Waals surface area contributed by atoms with E-state index in [0.717, 1.165) is 19.3 Å². The minimum atomic E-state index is -3.94. The Morgan fingerprint density at radius 2 is 1.93 bits per heavy atom. The number of fused-ring (bicyclic) bond motifs is 1. The number of carbonyl (C=O) groups is 3. The predicted molar refractivity (Wildman–Crippen MR) is 163 cm³/mol. The number of nitrogens with one attached hydrogen (secondary N) is 2. The molecule has 3 aromatic heterocycles. The molecule has 12 heteroatoms. The van der Waals surface area contributed by atoms with Crippen LogP contribution in [0, 0.1) is 12.8 Å². The fourth-order valence-corrected chi connectivity index (χ4v) is 8.70. The normalized spacial score (nSPS) is 17.9. The maximum absolute atomic E-state index is 13.4. The van der Waals surface area contributed by atoms with E-state index in [1.54, 1.807) is 23.5 Å². The molecule has 0 radical (unpaired) electrons. The first-order chi connectivity index (χ1) is 19.2. The standard InChI is InChI=1S/C29H38N4O5S3/c1-17(2)14-20(32-28(36)26-18(3)25-22(39-26)15-23(40-25)29(4,5)6)27(35)31-19-10-9-13-33(16-21(19)34)41(37,38)24-11-7-8-12-30-24/h7-8,11-12,15,17,19-20H,9-10,13-14,16H2,1-6H3,(H,31,35)(H,32,36)/t19-,20?/m0/s1. The Hall–Kier alpha value is -2.67. The van der Waals surface area contributed by atoms with Crippen LogP contribution in [0.15, 0.2) is 35.5 Å². The van der Waals surface area contributed by atoms with Crippen molar-refractivity contribution in [2.75, 3.05) is 13.1 Å². The number of carbonyl (C=O) groups excluding carboxylic acids is 3. The highest BCUT2D eigenvalue weighted by atomic mass is 32.2. The molecule has 1 aliphatic rings. The van der Waals surface area contributed by atoms with Crippen molar-refractivity contribution in [1.82, 2.24) is 19.9 Å². The first-order valence-electron chi connectivity index (χ1n) is 13.8. The topological polar surface area (TPSA) is 126 Å². The van der Waals surface area contributed by atoms with Crippen molar-refractivity contribution in [2.45, 2.75) is 83.3 Å². The summed E-state index contributed by atoms with van der Waals surface area (Å²) in [4.78, 5) is 45.7. The zero-order valence-electron chi connectivity index (χ0n) is 24.3. The van der Waals surface area contributed by atoms with E-state index < -0.39 is 33.8 Å². The summed E-state index contributed by atoms with van der Waals surface area (Å²) >= 11 is 3.12. The van der Waals surface area contributed by atoms with Gasteiger partial charge in [0, 0.05) is 27.0 Å². The SMILES string of the molecule is Cc1c(C(=O)NC(CC(C)C)C(=O)N[C@H]2CCCN(S(=O)(=O)c3ccccn3)CC2=O)sc2cc(C(C)(C)C)sc12. The van der Waals surface area contributed by atoms with Gasteiger partial charge in [0.15, 0.2) is 10.8 Å². The van der Waals surface area contributed by atoms with Crippen LogP contribution in [0.3, 0.4) is 0 Å². The third-order valence-electron chi connectivity index (χ3n) is 7.05. The summed E-state index contributed by atoms with van der Waals surface area (Å²) < 4.78 is 29.3. The molecule has 222 valence electrons. The fourth-order valence-electron chi connectivity index (χ4n) is 4.77. The molecule has 0 spiro atoms. The first kappa shape index (κ1) is 31.3. The summed E-state index contributed by atoms with van der Waals surface area (Å²) in [5.74, 6) is -1.04. The summed E-state index contributed by atoms with van der Waals surface area (Å²) in [6, 6.07) is 5.05. The van der Waals surface area contributed by atoms with Gasteiger partial charge in [-0.05, 0) is 61.3 Å². The Morgan fingerprint density at radius 1 is 1.20 bits per heavy atom. The van der Waals surface area contributed by atoms with Gasteiger partial charge in [-0.25, -0.2) is 13.4 Å². The van der Waals surface area contributed by atoms with E-state index in [1.807, 2.05) is 20.8 Å². The van der Waals surface area contributed by atoms with Gasteiger partial charge in [0.2, 0.25) is 5.91 Å². The van der Waals surface area contributed by atoms with Gasteiger partial charge in [0.25, 0.3) is 15.9 Å². The summed E-state index contributed by atoms with van der Waals surface area (Å²) in [7, 11) is -3.94. The monoisotopic (exact) mass is 618 g/mol. The predicted octanol–water partition coefficient (Wildman–Crippen LogP) is 4.65. The van der Waals surface area contributed by atoms with Crippen LogP contribution in [0.2, 0.25) is 0 Å². The van der Waals surface area contributed by atoms with Crippen molar-refractivity contribution in [3.63, 3.8) is 0 Å². The van der Waals surface area contributed by atoms with Crippen LogP contribution in [0.1, 0.15) is 74.0 Å². The highest BCUT2D eigenvalue weighted by Crippen LogP contribution is 2.41. The number of Topliss-reactive ketones (excluding diaryl/α,β-unsaturated/α-hetero) is 1. The molecule has 4 heterocycles. The molecule has 9 nitrogen and oxygen atoms in total. The fraction of sp³-hybridized carbons (Fsp3) is 0.517. The summed E-state index contributed by atoms with van der Waals surface area (Å²) in [5, 5.41) is 5.60. The minimum absolute atomic E-state index is 0.0216. The van der Waals surface area contributed by atoms with Crippen molar-refractivity contribution in [3.05, 3.63) is 45.8 Å². The van der Waals surface area contributed by atoms with Crippen LogP contribution in [-0.2, 0) is 25.0 Å². The van der Waals surface area contributed by atoms with Crippen LogP contribution < -0.4 is 10.6 Å². The van der Waals surface area contributed by atoms with E-state index in [1.165, 1.54) is 28.5 Å². The van der Waals surface area contributed by atoms with Gasteiger partial charge in [-0.3, -0.25) is 14.4 Å². The number of ketones is 1. The number of aryl methyl sites for hydroxylation is 1. The van der Waals surface area contributed by atoms with Gasteiger partial charge >= 0.3 is 0 Å². The Morgan fingerprint density at radius 3 is 2.54 bits per heavy atom. The van der Waals surface area contributed by atoms with Crippen LogP contribution >= 0.6 is 22.7 Å². The average molecular weight is 619 g/mol. The van der Waals surface area contributed by atoms with Gasteiger partial charge in [0.1, 0.15) is 6.04 Å². The summed E-state index contributed by atoms with van der Waals surface area (Å²) in [6.45, 7) is 12.1. The highest BCUT2D eigenvalue weighted by Gasteiger charge is 2.35. The number of thiophene rings is 2. The molecule has 1 unspecified atom stereocenters. The quantitative estimate of drug-likeness (QED) is 0.379. The smallest absolute Gasteiger partial charge is 0.262 e. The number of amides is 2. The Kier molecular flexibility index (Phi) is 9.37. The van der Waals surface area contributed by atoms with Gasteiger partial charge in [-0.2, -0.15) is 4.31 Å². The molecule has 1 fully saturated rings. The molecule has 4 rings (SSSR count). The molecule has 2 N–H and O–H groups in total. The highest BCUT2D eigenvalue weighted by molar-refractivity contribution is 7.89. The maximum atomic E-state index is 13.4. The van der Waals surface area contributed by atoms with E-state index in [0.29, 0.717) is 24.1 Å². The first-order valence-corrected chi connectivity index (χ1v) is 16.8. The van der Waals surface area contributed by atoms with Gasteiger partial charge < -0.3 is 10.6 Å². The molecular weight excluding hydrogens is 581 g/mol. The van der Waals surface area contributed by atoms with Crippen molar-refractivity contribution < 1.29 is 22.8 Å². The number of sulfonamides is 1. The molecule has 0 aromatic carbocycles. The lowest BCUT2D eigenvalue weighted by atomic mass is 9.95. The van der Waals surface area contributed by atoms with E-state index >= 15 is 0 Å². The van der Waals surface area contributed by atoms with E-state index in [4.69, 9.17) is 0 Å². The second-order valence-corrected chi connectivity index (χ2v) is 15.9. The van der Waals surface area contributed by atoms with Crippen LogP contribution in [0.25, 0.3) is 9.40 Å². The van der Waals surface area contributed by atoms with E-state index in [2.05, 4.69) is 42.5 Å². The average Bonchev–Trinajstić information content (AvgIpc) is 3.40. The molecule has 0 saturated carbocycles. The van der Waals surface area contributed by atoms with Crippen LogP contribution in [-0.4, -0.2) is 60.5 Å². The van der Waals surface area contributed by atoms with Crippen molar-refractivity contribution in [3.8, 4) is 0 Å². The van der Waals surface area contributed by atoms with Crippen LogP contribution in [0.4, 0.5) is 0 Å². The second kappa shape index (κ2) is 12.3. The molecule has 3 aromatic rings. The lowest BCUT2D eigenvalue weighted by Crippen LogP contribution is -2.52. The number of rotatable bonds is 8. The third kappa shape index (κ3) is 7.04. The molecular formula is C29H38N4O5S3. The second-order valence-electron chi connectivity index (χ2n) is 11.9. The minimum Gasteiger partial charge on any atom is -0.344 e. The van der Waals surface area contributed by atoms with Crippen molar-refractivity contribution in [1.29, 1.82) is 0 Å². The molecule has 1 aliphatic heterocycles. The van der Waals surface area contributed by atoms with Gasteiger partial charge in [-0.1, -0.05) is 40.7 Å². The Bertz CT molecular complexity index is 1540. The molecule has 2 amide bonds. The zero-order chi connectivity index (χ0) is 30.1. The lowest BCUT2D eigenvalue weighted by molar-refractivity contribution is -0.129. The maximum Gasteiger partial charge on any atom is 0.262 e. The summed E-state index contributed by atoms with van der Waals surface area (Å²) in [5.41, 5.74) is 0.924. The molecule has 1 saturated heterocycles. The van der Waals surface area contributed by atoms with Crippen molar-refractivity contribution >= 4 is 59.7 Å². The molecule has 0 bridgehead atoms. The largest absolute Gasteiger partial charge is 0.344 e. The number of hydrogen-bond acceptors (Lipinski definition) is 8. The van der Waals surface area contributed by atoms with E-state index in [-0.39, 0.29) is 35.4 Å². The molecule has 2 atom stereocenters. The van der Waals surface area contributed by atoms with E-state index in [9.17, 15) is 22.8 Å². The molecule has 0 aliphatic carbocycles. The third-order valence-corrected chi connectivity index (χ3v) is 11.9. The van der Waals surface area contributed by atoms with Crippen molar-refractivity contribution in [2.24, 2.45) is 5.92 Å². The number of nitrogens with zero attached hydrogens (tertiary/aromatic N) is 2. The molecule has 41 heavy (non-hydrogen) atoms. The zero-order valence-corrected chi connectivity index (χ0v) is 26.8. The number of pyridine rings is 1. The van der Waals surface area contributed by atoms with Gasteiger partial charge in [0.05, 0.1) is 17.5 Å². The lowest BCUT2D eigenvalue weighted by Gasteiger charge is -2.23. The Labute approximate surface area is 249 Å². The Balaban J connectivity index is 1.46. The number of aromatic nitrogens is 1. The van der Waals surface area contributed by atoms with Gasteiger partial charge in [-0.15, -0.1) is 22.7 Å². The number of hydrogen-bond donors (Lipinski definition) is 2.